The second-order valence-electron chi connectivity index (χ2n) is 8.95. The van der Waals surface area contributed by atoms with Gasteiger partial charge in [0.1, 0.15) is 0 Å². The summed E-state index contributed by atoms with van der Waals surface area (Å²) in [6.45, 7) is 1.93. The SMILES string of the molecule is C[C@H](NC(=O)COC(=O)CC12CC3CC(CC(C3)C1)C2)C1CC1. The van der Waals surface area contributed by atoms with E-state index in [0.29, 0.717) is 12.3 Å². The van der Waals surface area contributed by atoms with Crippen molar-refractivity contribution in [2.45, 2.75) is 70.8 Å². The fourth-order valence-electron chi connectivity index (χ4n) is 6.02. The van der Waals surface area contributed by atoms with E-state index in [1.54, 1.807) is 0 Å². The number of esters is 1. The summed E-state index contributed by atoms with van der Waals surface area (Å²) in [4.78, 5) is 24.1. The fourth-order valence-corrected chi connectivity index (χ4v) is 6.02. The van der Waals surface area contributed by atoms with Crippen molar-refractivity contribution < 1.29 is 14.3 Å². The van der Waals surface area contributed by atoms with Crippen LogP contribution in [0.15, 0.2) is 0 Å². The number of hydrogen-bond donors (Lipinski definition) is 1. The molecule has 0 unspecified atom stereocenters. The summed E-state index contributed by atoms with van der Waals surface area (Å²) >= 11 is 0. The maximum Gasteiger partial charge on any atom is 0.306 e. The molecule has 0 aromatic carbocycles. The van der Waals surface area contributed by atoms with Crippen molar-refractivity contribution in [2.75, 3.05) is 6.61 Å². The fraction of sp³-hybridized carbons (Fsp3) is 0.895. The van der Waals surface area contributed by atoms with Crippen LogP contribution in [-0.4, -0.2) is 24.5 Å². The topological polar surface area (TPSA) is 55.4 Å². The van der Waals surface area contributed by atoms with Gasteiger partial charge in [0, 0.05) is 6.04 Å². The van der Waals surface area contributed by atoms with E-state index in [1.807, 2.05) is 6.92 Å². The number of ether oxygens (including phenoxy) is 1. The largest absolute Gasteiger partial charge is 0.456 e. The summed E-state index contributed by atoms with van der Waals surface area (Å²) < 4.78 is 5.29. The van der Waals surface area contributed by atoms with E-state index in [2.05, 4.69) is 5.32 Å². The molecule has 1 N–H and O–H groups in total. The molecule has 5 rings (SSSR count). The van der Waals surface area contributed by atoms with Gasteiger partial charge >= 0.3 is 5.97 Å². The van der Waals surface area contributed by atoms with Gasteiger partial charge < -0.3 is 10.1 Å². The predicted molar refractivity (Wildman–Crippen MR) is 86.5 cm³/mol. The second kappa shape index (κ2) is 5.78. The normalized spacial score (nSPS) is 39.1. The zero-order valence-corrected chi connectivity index (χ0v) is 14.2. The molecule has 128 valence electrons. The number of hydrogen-bond acceptors (Lipinski definition) is 3. The van der Waals surface area contributed by atoms with E-state index in [0.717, 1.165) is 17.8 Å². The van der Waals surface area contributed by atoms with Crippen molar-refractivity contribution in [1.82, 2.24) is 5.32 Å². The molecule has 0 saturated heterocycles. The molecule has 0 heterocycles. The standard InChI is InChI=1S/C19H29NO3/c1-12(16-2-3-16)20-17(21)11-23-18(22)10-19-7-13-4-14(8-19)6-15(5-13)9-19/h12-16H,2-11H2,1H3,(H,20,21)/t12-,13?,14?,15?,19?/m0/s1. The molecular formula is C19H29NO3. The van der Waals surface area contributed by atoms with Gasteiger partial charge in [0.15, 0.2) is 6.61 Å². The van der Waals surface area contributed by atoms with Gasteiger partial charge in [-0.25, -0.2) is 0 Å². The lowest BCUT2D eigenvalue weighted by Crippen LogP contribution is -2.47. The van der Waals surface area contributed by atoms with Gasteiger partial charge in [-0.1, -0.05) is 0 Å². The van der Waals surface area contributed by atoms with E-state index >= 15 is 0 Å². The first-order chi connectivity index (χ1) is 11.0. The third-order valence-electron chi connectivity index (χ3n) is 6.77. The summed E-state index contributed by atoms with van der Waals surface area (Å²) in [7, 11) is 0. The van der Waals surface area contributed by atoms with Crippen LogP contribution in [0, 0.1) is 29.1 Å². The molecule has 23 heavy (non-hydrogen) atoms. The van der Waals surface area contributed by atoms with Gasteiger partial charge in [0.05, 0.1) is 6.42 Å². The minimum Gasteiger partial charge on any atom is -0.456 e. The highest BCUT2D eigenvalue weighted by Crippen LogP contribution is 2.61. The highest BCUT2D eigenvalue weighted by molar-refractivity contribution is 5.81. The average molecular weight is 319 g/mol. The van der Waals surface area contributed by atoms with Crippen LogP contribution in [-0.2, 0) is 14.3 Å². The molecule has 4 bridgehead atoms. The summed E-state index contributed by atoms with van der Waals surface area (Å²) in [6.07, 6.45) is 10.7. The molecule has 4 heteroatoms. The zero-order chi connectivity index (χ0) is 16.0. The van der Waals surface area contributed by atoms with Crippen LogP contribution < -0.4 is 5.32 Å². The molecule has 0 spiro atoms. The van der Waals surface area contributed by atoms with E-state index in [4.69, 9.17) is 4.74 Å². The molecular weight excluding hydrogens is 290 g/mol. The zero-order valence-electron chi connectivity index (χ0n) is 14.2. The minimum atomic E-state index is -0.166. The lowest BCUT2D eigenvalue weighted by Gasteiger charge is -2.56. The Kier molecular flexibility index (Phi) is 3.89. The average Bonchev–Trinajstić information content (AvgIpc) is 3.27. The molecule has 0 radical (unpaired) electrons. The summed E-state index contributed by atoms with van der Waals surface area (Å²) in [5.41, 5.74) is 0.198. The van der Waals surface area contributed by atoms with Gasteiger partial charge in [-0.15, -0.1) is 0 Å². The quantitative estimate of drug-likeness (QED) is 0.766. The van der Waals surface area contributed by atoms with Crippen LogP contribution in [0.1, 0.15) is 64.7 Å². The van der Waals surface area contributed by atoms with Crippen LogP contribution in [0.3, 0.4) is 0 Å². The van der Waals surface area contributed by atoms with E-state index in [9.17, 15) is 9.59 Å². The van der Waals surface area contributed by atoms with Crippen molar-refractivity contribution in [2.24, 2.45) is 29.1 Å². The molecule has 5 saturated carbocycles. The van der Waals surface area contributed by atoms with E-state index in [-0.39, 0.29) is 29.9 Å². The Morgan fingerprint density at radius 2 is 1.65 bits per heavy atom. The molecule has 5 aliphatic carbocycles. The Labute approximate surface area is 138 Å². The molecule has 1 amide bonds. The summed E-state index contributed by atoms with van der Waals surface area (Å²) in [5, 5.41) is 2.94. The number of amides is 1. The molecule has 4 nitrogen and oxygen atoms in total. The first kappa shape index (κ1) is 15.5. The highest BCUT2D eigenvalue weighted by atomic mass is 16.5. The number of nitrogens with one attached hydrogen (secondary N) is 1. The Hall–Kier alpha value is -1.06. The third kappa shape index (κ3) is 3.41. The van der Waals surface area contributed by atoms with Crippen LogP contribution in [0.2, 0.25) is 0 Å². The van der Waals surface area contributed by atoms with Crippen molar-refractivity contribution in [3.63, 3.8) is 0 Å². The smallest absolute Gasteiger partial charge is 0.306 e. The third-order valence-corrected chi connectivity index (χ3v) is 6.77. The summed E-state index contributed by atoms with van der Waals surface area (Å²) in [6, 6.07) is 0.212. The monoisotopic (exact) mass is 319 g/mol. The number of rotatable bonds is 6. The van der Waals surface area contributed by atoms with Crippen LogP contribution in [0.5, 0.6) is 0 Å². The molecule has 0 aromatic rings. The predicted octanol–water partition coefficient (Wildman–Crippen LogP) is 3.05. The van der Waals surface area contributed by atoms with Crippen molar-refractivity contribution >= 4 is 11.9 Å². The van der Waals surface area contributed by atoms with Crippen molar-refractivity contribution in [3.8, 4) is 0 Å². The molecule has 5 aliphatic rings. The highest BCUT2D eigenvalue weighted by Gasteiger charge is 2.51. The van der Waals surface area contributed by atoms with Gasteiger partial charge in [-0.05, 0) is 87.4 Å². The molecule has 1 atom stereocenters. The molecule has 0 aliphatic heterocycles. The summed E-state index contributed by atoms with van der Waals surface area (Å²) in [5.74, 6) is 2.84. The molecule has 5 fully saturated rings. The van der Waals surface area contributed by atoms with Gasteiger partial charge in [0.25, 0.3) is 5.91 Å². The van der Waals surface area contributed by atoms with Gasteiger partial charge in [-0.3, -0.25) is 9.59 Å². The van der Waals surface area contributed by atoms with E-state index < -0.39 is 0 Å². The van der Waals surface area contributed by atoms with Crippen LogP contribution in [0.25, 0.3) is 0 Å². The van der Waals surface area contributed by atoms with E-state index in [1.165, 1.54) is 51.4 Å². The minimum absolute atomic E-state index is 0.109. The van der Waals surface area contributed by atoms with Crippen molar-refractivity contribution in [1.29, 1.82) is 0 Å². The Balaban J connectivity index is 1.24. The maximum absolute atomic E-state index is 12.3. The van der Waals surface area contributed by atoms with Crippen LogP contribution in [0.4, 0.5) is 0 Å². The Morgan fingerprint density at radius 3 is 2.17 bits per heavy atom. The number of carbonyl (C=O) groups excluding carboxylic acids is 2. The first-order valence-corrected chi connectivity index (χ1v) is 9.46. The van der Waals surface area contributed by atoms with Gasteiger partial charge in [-0.2, -0.15) is 0 Å². The van der Waals surface area contributed by atoms with Gasteiger partial charge in [0.2, 0.25) is 0 Å². The second-order valence-corrected chi connectivity index (χ2v) is 8.95. The maximum atomic E-state index is 12.3. The lowest BCUT2D eigenvalue weighted by atomic mass is 9.49. The lowest BCUT2D eigenvalue weighted by molar-refractivity contribution is -0.155. The number of carbonyl (C=O) groups is 2. The van der Waals surface area contributed by atoms with Crippen molar-refractivity contribution in [3.05, 3.63) is 0 Å². The first-order valence-electron chi connectivity index (χ1n) is 9.46. The van der Waals surface area contributed by atoms with Crippen LogP contribution >= 0.6 is 0 Å². The Bertz CT molecular complexity index is 462. The molecule has 0 aromatic heterocycles. The Morgan fingerprint density at radius 1 is 1.09 bits per heavy atom.